The molecule has 0 amide bonds. The maximum absolute atomic E-state index is 4.77. The summed E-state index contributed by atoms with van der Waals surface area (Å²) in [6, 6.07) is 4.15. The zero-order valence-corrected chi connectivity index (χ0v) is 15.7. The molecule has 0 aliphatic carbocycles. The second-order valence-corrected chi connectivity index (χ2v) is 7.08. The van der Waals surface area contributed by atoms with Crippen LogP contribution in [-0.4, -0.2) is 55.7 Å². The van der Waals surface area contributed by atoms with Crippen LogP contribution in [0, 0.1) is 13.8 Å². The van der Waals surface area contributed by atoms with E-state index in [1.54, 1.807) is 6.33 Å². The molecule has 1 fully saturated rings. The van der Waals surface area contributed by atoms with Crippen LogP contribution in [0.1, 0.15) is 37.0 Å². The van der Waals surface area contributed by atoms with E-state index in [1.807, 2.05) is 18.4 Å². The highest BCUT2D eigenvalue weighted by atomic mass is 15.4. The number of aryl methyl sites for hydroxylation is 2. The average molecular weight is 352 g/mol. The Morgan fingerprint density at radius 2 is 1.58 bits per heavy atom. The van der Waals surface area contributed by atoms with Crippen LogP contribution in [0.2, 0.25) is 0 Å². The Labute approximate surface area is 152 Å². The molecule has 8 heteroatoms. The predicted octanol–water partition coefficient (Wildman–Crippen LogP) is 1.98. The van der Waals surface area contributed by atoms with E-state index in [2.05, 4.69) is 55.8 Å². The van der Waals surface area contributed by atoms with Crippen molar-refractivity contribution in [2.45, 2.75) is 33.6 Å². The van der Waals surface area contributed by atoms with Gasteiger partial charge in [-0.25, -0.2) is 15.0 Å². The number of anilines is 2. The summed E-state index contributed by atoms with van der Waals surface area (Å²) in [6.07, 6.45) is 1.55. The highest BCUT2D eigenvalue weighted by Gasteiger charge is 2.22. The molecule has 1 aliphatic heterocycles. The number of hydrogen-bond donors (Lipinski definition) is 0. The Hall–Kier alpha value is -2.77. The number of aromatic nitrogens is 6. The minimum absolute atomic E-state index is 0.329. The predicted molar refractivity (Wildman–Crippen MR) is 101 cm³/mol. The molecule has 0 saturated carbocycles. The molecule has 136 valence electrons. The SMILES string of the molecule is Cc1cc(N2CCN(c3cc(C)nc4ncnn34)CC2)nc(C(C)C)n1. The molecule has 0 N–H and O–H groups in total. The molecule has 4 heterocycles. The largest absolute Gasteiger partial charge is 0.353 e. The summed E-state index contributed by atoms with van der Waals surface area (Å²) in [5, 5.41) is 4.32. The van der Waals surface area contributed by atoms with Gasteiger partial charge in [0, 0.05) is 55.6 Å². The van der Waals surface area contributed by atoms with Gasteiger partial charge in [0.15, 0.2) is 0 Å². The number of nitrogens with zero attached hydrogens (tertiary/aromatic N) is 8. The van der Waals surface area contributed by atoms with Crippen LogP contribution in [0.25, 0.3) is 5.78 Å². The van der Waals surface area contributed by atoms with Crippen LogP contribution in [0.3, 0.4) is 0 Å². The Balaban J connectivity index is 1.55. The van der Waals surface area contributed by atoms with Gasteiger partial charge < -0.3 is 9.80 Å². The second kappa shape index (κ2) is 6.51. The van der Waals surface area contributed by atoms with Crippen LogP contribution in [0.5, 0.6) is 0 Å². The third kappa shape index (κ3) is 3.07. The lowest BCUT2D eigenvalue weighted by Crippen LogP contribution is -2.47. The summed E-state index contributed by atoms with van der Waals surface area (Å²) in [5.74, 6) is 3.96. The molecule has 1 saturated heterocycles. The first-order valence-corrected chi connectivity index (χ1v) is 9.04. The molecule has 3 aromatic rings. The van der Waals surface area contributed by atoms with Crippen LogP contribution in [0.4, 0.5) is 11.6 Å². The number of hydrogen-bond acceptors (Lipinski definition) is 7. The smallest absolute Gasteiger partial charge is 0.254 e. The lowest BCUT2D eigenvalue weighted by Gasteiger charge is -2.36. The fourth-order valence-corrected chi connectivity index (χ4v) is 3.30. The van der Waals surface area contributed by atoms with Crippen LogP contribution in [0.15, 0.2) is 18.5 Å². The molecule has 0 bridgehead atoms. The summed E-state index contributed by atoms with van der Waals surface area (Å²) in [7, 11) is 0. The summed E-state index contributed by atoms with van der Waals surface area (Å²) in [6.45, 7) is 11.9. The van der Waals surface area contributed by atoms with Crippen molar-refractivity contribution in [1.82, 2.24) is 29.5 Å². The van der Waals surface area contributed by atoms with E-state index in [0.29, 0.717) is 11.7 Å². The number of piperazine rings is 1. The number of fused-ring (bicyclic) bond motifs is 1. The van der Waals surface area contributed by atoms with E-state index < -0.39 is 0 Å². The highest BCUT2D eigenvalue weighted by molar-refractivity contribution is 5.50. The molecule has 0 radical (unpaired) electrons. The topological polar surface area (TPSA) is 75.3 Å². The Bertz CT molecular complexity index is 924. The minimum Gasteiger partial charge on any atom is -0.353 e. The zero-order valence-electron chi connectivity index (χ0n) is 15.7. The quantitative estimate of drug-likeness (QED) is 0.713. The highest BCUT2D eigenvalue weighted by Crippen LogP contribution is 2.22. The van der Waals surface area contributed by atoms with Gasteiger partial charge in [-0.05, 0) is 13.8 Å². The molecular weight excluding hydrogens is 328 g/mol. The fourth-order valence-electron chi connectivity index (χ4n) is 3.30. The molecule has 0 atom stereocenters. The van der Waals surface area contributed by atoms with Crippen molar-refractivity contribution >= 4 is 17.4 Å². The Morgan fingerprint density at radius 3 is 2.31 bits per heavy atom. The van der Waals surface area contributed by atoms with E-state index >= 15 is 0 Å². The molecule has 26 heavy (non-hydrogen) atoms. The van der Waals surface area contributed by atoms with Crippen molar-refractivity contribution in [3.63, 3.8) is 0 Å². The Morgan fingerprint density at radius 1 is 0.885 bits per heavy atom. The van der Waals surface area contributed by atoms with Gasteiger partial charge in [-0.15, -0.1) is 0 Å². The summed E-state index contributed by atoms with van der Waals surface area (Å²) in [5.41, 5.74) is 1.98. The van der Waals surface area contributed by atoms with Gasteiger partial charge in [-0.3, -0.25) is 0 Å². The van der Waals surface area contributed by atoms with Gasteiger partial charge in [0.05, 0.1) is 0 Å². The van der Waals surface area contributed by atoms with E-state index in [-0.39, 0.29) is 0 Å². The first-order valence-electron chi connectivity index (χ1n) is 9.04. The van der Waals surface area contributed by atoms with E-state index in [0.717, 1.165) is 55.0 Å². The molecule has 0 aromatic carbocycles. The average Bonchev–Trinajstić information content (AvgIpc) is 3.09. The normalized spacial score (nSPS) is 15.3. The van der Waals surface area contributed by atoms with Gasteiger partial charge in [-0.2, -0.15) is 14.6 Å². The van der Waals surface area contributed by atoms with E-state index in [1.165, 1.54) is 0 Å². The Kier molecular flexibility index (Phi) is 4.18. The van der Waals surface area contributed by atoms with Crippen LogP contribution >= 0.6 is 0 Å². The van der Waals surface area contributed by atoms with Crippen molar-refractivity contribution < 1.29 is 0 Å². The maximum Gasteiger partial charge on any atom is 0.254 e. The van der Waals surface area contributed by atoms with Gasteiger partial charge >= 0.3 is 0 Å². The molecule has 0 unspecified atom stereocenters. The first-order chi connectivity index (χ1) is 12.5. The van der Waals surface area contributed by atoms with Crippen molar-refractivity contribution in [3.8, 4) is 0 Å². The first kappa shape index (κ1) is 16.7. The maximum atomic E-state index is 4.77. The second-order valence-electron chi connectivity index (χ2n) is 7.08. The molecule has 1 aliphatic rings. The lowest BCUT2D eigenvalue weighted by molar-refractivity contribution is 0.628. The van der Waals surface area contributed by atoms with Crippen molar-refractivity contribution in [1.29, 1.82) is 0 Å². The summed E-state index contributed by atoms with van der Waals surface area (Å²) < 4.78 is 1.81. The third-order valence-electron chi connectivity index (χ3n) is 4.66. The van der Waals surface area contributed by atoms with Crippen molar-refractivity contribution in [2.24, 2.45) is 0 Å². The van der Waals surface area contributed by atoms with Gasteiger partial charge in [-0.1, -0.05) is 13.8 Å². The standard InChI is InChI=1S/C18H24N8/c1-12(2)17-21-13(3)9-15(23-17)24-5-7-25(8-6-24)16-10-14(4)22-18-19-11-20-26(16)18/h9-12H,5-8H2,1-4H3. The summed E-state index contributed by atoms with van der Waals surface area (Å²) >= 11 is 0. The molecule has 3 aromatic heterocycles. The van der Waals surface area contributed by atoms with Crippen molar-refractivity contribution in [2.75, 3.05) is 36.0 Å². The molecular formula is C18H24N8. The van der Waals surface area contributed by atoms with Crippen molar-refractivity contribution in [3.05, 3.63) is 35.7 Å². The van der Waals surface area contributed by atoms with E-state index in [4.69, 9.17) is 4.98 Å². The van der Waals surface area contributed by atoms with Gasteiger partial charge in [0.1, 0.15) is 23.8 Å². The number of rotatable bonds is 3. The van der Waals surface area contributed by atoms with Crippen LogP contribution in [-0.2, 0) is 0 Å². The fraction of sp³-hybridized carbons (Fsp3) is 0.500. The lowest BCUT2D eigenvalue weighted by atomic mass is 10.2. The minimum atomic E-state index is 0.329. The molecule has 8 nitrogen and oxygen atoms in total. The molecule has 0 spiro atoms. The zero-order chi connectivity index (χ0) is 18.3. The van der Waals surface area contributed by atoms with Gasteiger partial charge in [0.2, 0.25) is 0 Å². The third-order valence-corrected chi connectivity index (χ3v) is 4.66. The molecule has 4 rings (SSSR count). The van der Waals surface area contributed by atoms with Crippen LogP contribution < -0.4 is 9.80 Å². The van der Waals surface area contributed by atoms with Gasteiger partial charge in [0.25, 0.3) is 5.78 Å². The monoisotopic (exact) mass is 352 g/mol. The van der Waals surface area contributed by atoms with E-state index in [9.17, 15) is 0 Å². The summed E-state index contributed by atoms with van der Waals surface area (Å²) in [4.78, 5) is 22.6.